The molecule has 2 atom stereocenters. The minimum atomic E-state index is 0.317. The molecular weight excluding hydrogens is 162 g/mol. The lowest BCUT2D eigenvalue weighted by Gasteiger charge is -2.37. The van der Waals surface area contributed by atoms with Crippen LogP contribution in [0.3, 0.4) is 0 Å². The number of hydrogen-bond acceptors (Lipinski definition) is 3. The molecule has 0 aromatic heterocycles. The first kappa shape index (κ1) is 11.0. The summed E-state index contributed by atoms with van der Waals surface area (Å²) in [5, 5.41) is 3.40. The van der Waals surface area contributed by atoms with E-state index in [2.05, 4.69) is 31.1 Å². The quantitative estimate of drug-likeness (QED) is 0.663. The predicted molar refractivity (Wildman–Crippen MR) is 56.7 cm³/mol. The summed E-state index contributed by atoms with van der Waals surface area (Å²) < 4.78 is 0. The predicted octanol–water partition coefficient (Wildman–Crippen LogP) is 0.263. The molecule has 1 aliphatic heterocycles. The molecule has 3 nitrogen and oxygen atoms in total. The Kier molecular flexibility index (Phi) is 4.16. The van der Waals surface area contributed by atoms with Crippen LogP contribution in [0.15, 0.2) is 0 Å². The first-order valence-electron chi connectivity index (χ1n) is 5.27. The maximum Gasteiger partial charge on any atom is 0.0369 e. The van der Waals surface area contributed by atoms with Gasteiger partial charge in [-0.25, -0.2) is 0 Å². The van der Waals surface area contributed by atoms with Crippen molar-refractivity contribution in [2.75, 3.05) is 26.7 Å². The topological polar surface area (TPSA) is 41.3 Å². The number of nitrogens with two attached hydrogens (primary N) is 1. The molecule has 2 unspecified atom stereocenters. The van der Waals surface area contributed by atoms with Crippen LogP contribution < -0.4 is 11.1 Å². The van der Waals surface area contributed by atoms with Crippen LogP contribution in [0.4, 0.5) is 0 Å². The van der Waals surface area contributed by atoms with E-state index in [1.165, 1.54) is 0 Å². The Morgan fingerprint density at radius 2 is 2.23 bits per heavy atom. The van der Waals surface area contributed by atoms with Crippen molar-refractivity contribution in [2.45, 2.75) is 32.4 Å². The fraction of sp³-hybridized carbons (Fsp3) is 1.00. The Bertz CT molecular complexity index is 147. The molecular formula is C10H23N3. The average molecular weight is 185 g/mol. The summed E-state index contributed by atoms with van der Waals surface area (Å²) in [6.07, 6.45) is 1.12. The minimum Gasteiger partial charge on any atom is -0.326 e. The molecule has 0 spiro atoms. The molecule has 0 radical (unpaired) electrons. The summed E-state index contributed by atoms with van der Waals surface area (Å²) in [5.74, 6) is 0.699. The highest BCUT2D eigenvalue weighted by Gasteiger charge is 2.24. The molecule has 3 heteroatoms. The third-order valence-corrected chi connectivity index (χ3v) is 2.80. The van der Waals surface area contributed by atoms with E-state index < -0.39 is 0 Å². The Balaban J connectivity index is 2.39. The molecule has 1 fully saturated rings. The fourth-order valence-corrected chi connectivity index (χ4v) is 2.01. The van der Waals surface area contributed by atoms with Crippen LogP contribution in [0.25, 0.3) is 0 Å². The van der Waals surface area contributed by atoms with Crippen LogP contribution in [0.2, 0.25) is 0 Å². The fourth-order valence-electron chi connectivity index (χ4n) is 2.01. The first-order chi connectivity index (χ1) is 6.11. The van der Waals surface area contributed by atoms with Crippen molar-refractivity contribution in [3.8, 4) is 0 Å². The van der Waals surface area contributed by atoms with Gasteiger partial charge in [-0.05, 0) is 19.4 Å². The van der Waals surface area contributed by atoms with Crippen molar-refractivity contribution in [1.82, 2.24) is 10.2 Å². The van der Waals surface area contributed by atoms with Crippen LogP contribution in [0, 0.1) is 5.92 Å². The Labute approximate surface area is 81.7 Å². The number of piperazine rings is 1. The van der Waals surface area contributed by atoms with Crippen LogP contribution in [0.1, 0.15) is 20.3 Å². The van der Waals surface area contributed by atoms with Gasteiger partial charge in [-0.1, -0.05) is 13.8 Å². The summed E-state index contributed by atoms with van der Waals surface area (Å²) >= 11 is 0. The highest BCUT2D eigenvalue weighted by molar-refractivity contribution is 4.86. The monoisotopic (exact) mass is 185 g/mol. The third kappa shape index (κ3) is 3.25. The largest absolute Gasteiger partial charge is 0.326 e. The SMILES string of the molecule is CC(C)CC(N)C1CNCCN1C. The lowest BCUT2D eigenvalue weighted by Crippen LogP contribution is -2.57. The zero-order chi connectivity index (χ0) is 9.84. The van der Waals surface area contributed by atoms with E-state index in [9.17, 15) is 0 Å². The zero-order valence-corrected chi connectivity index (χ0v) is 9.09. The smallest absolute Gasteiger partial charge is 0.0369 e. The normalized spacial score (nSPS) is 27.9. The van der Waals surface area contributed by atoms with Crippen molar-refractivity contribution < 1.29 is 0 Å². The summed E-state index contributed by atoms with van der Waals surface area (Å²) in [7, 11) is 2.17. The van der Waals surface area contributed by atoms with E-state index >= 15 is 0 Å². The highest BCUT2D eigenvalue weighted by atomic mass is 15.2. The zero-order valence-electron chi connectivity index (χ0n) is 9.09. The summed E-state index contributed by atoms with van der Waals surface area (Å²) in [4.78, 5) is 2.38. The van der Waals surface area contributed by atoms with E-state index in [0.717, 1.165) is 26.1 Å². The summed E-state index contributed by atoms with van der Waals surface area (Å²) in [5.41, 5.74) is 6.16. The van der Waals surface area contributed by atoms with Crippen molar-refractivity contribution in [2.24, 2.45) is 11.7 Å². The molecule has 0 amide bonds. The van der Waals surface area contributed by atoms with Gasteiger partial charge in [0.05, 0.1) is 0 Å². The number of hydrogen-bond donors (Lipinski definition) is 2. The Morgan fingerprint density at radius 3 is 2.77 bits per heavy atom. The second kappa shape index (κ2) is 4.94. The lowest BCUT2D eigenvalue weighted by molar-refractivity contribution is 0.164. The molecule has 3 N–H and O–H groups in total. The van der Waals surface area contributed by atoms with Crippen LogP contribution in [0.5, 0.6) is 0 Å². The highest BCUT2D eigenvalue weighted by Crippen LogP contribution is 2.11. The van der Waals surface area contributed by atoms with Crippen molar-refractivity contribution in [3.05, 3.63) is 0 Å². The van der Waals surface area contributed by atoms with Crippen LogP contribution in [-0.4, -0.2) is 43.7 Å². The van der Waals surface area contributed by atoms with E-state index in [0.29, 0.717) is 18.0 Å². The second-order valence-electron chi connectivity index (χ2n) is 4.55. The maximum atomic E-state index is 6.16. The van der Waals surface area contributed by atoms with Crippen LogP contribution in [-0.2, 0) is 0 Å². The standard InChI is InChI=1S/C10H23N3/c1-8(2)6-9(11)10-7-12-4-5-13(10)3/h8-10,12H,4-7,11H2,1-3H3. The van der Waals surface area contributed by atoms with Gasteiger partial charge in [0, 0.05) is 31.7 Å². The van der Waals surface area contributed by atoms with Gasteiger partial charge in [0.1, 0.15) is 0 Å². The van der Waals surface area contributed by atoms with Gasteiger partial charge in [-0.2, -0.15) is 0 Å². The van der Waals surface area contributed by atoms with E-state index in [1.807, 2.05) is 0 Å². The molecule has 1 heterocycles. The van der Waals surface area contributed by atoms with Crippen LogP contribution >= 0.6 is 0 Å². The van der Waals surface area contributed by atoms with Gasteiger partial charge in [0.25, 0.3) is 0 Å². The maximum absolute atomic E-state index is 6.16. The molecule has 1 aliphatic rings. The molecule has 78 valence electrons. The molecule has 1 saturated heterocycles. The minimum absolute atomic E-state index is 0.317. The molecule has 0 aliphatic carbocycles. The van der Waals surface area contributed by atoms with Gasteiger partial charge >= 0.3 is 0 Å². The molecule has 0 aromatic carbocycles. The van der Waals surface area contributed by atoms with Gasteiger partial charge < -0.3 is 11.1 Å². The number of rotatable bonds is 3. The second-order valence-corrected chi connectivity index (χ2v) is 4.55. The Hall–Kier alpha value is -0.120. The molecule has 0 saturated carbocycles. The summed E-state index contributed by atoms with van der Waals surface area (Å²) in [6.45, 7) is 7.73. The van der Waals surface area contributed by atoms with Gasteiger partial charge in [-0.15, -0.1) is 0 Å². The number of likely N-dealkylation sites (N-methyl/N-ethyl adjacent to an activating group) is 1. The average Bonchev–Trinajstić information content (AvgIpc) is 2.03. The number of nitrogens with one attached hydrogen (secondary N) is 1. The van der Waals surface area contributed by atoms with E-state index in [4.69, 9.17) is 5.73 Å². The Morgan fingerprint density at radius 1 is 1.54 bits per heavy atom. The van der Waals surface area contributed by atoms with Gasteiger partial charge in [0.15, 0.2) is 0 Å². The van der Waals surface area contributed by atoms with Gasteiger partial charge in [0.2, 0.25) is 0 Å². The molecule has 1 rings (SSSR count). The third-order valence-electron chi connectivity index (χ3n) is 2.80. The molecule has 0 bridgehead atoms. The summed E-state index contributed by atoms with van der Waals surface area (Å²) in [6, 6.07) is 0.842. The van der Waals surface area contributed by atoms with Crippen molar-refractivity contribution >= 4 is 0 Å². The number of nitrogens with zero attached hydrogens (tertiary/aromatic N) is 1. The van der Waals surface area contributed by atoms with Gasteiger partial charge in [-0.3, -0.25) is 4.90 Å². The lowest BCUT2D eigenvalue weighted by atomic mass is 9.96. The first-order valence-corrected chi connectivity index (χ1v) is 5.27. The molecule has 13 heavy (non-hydrogen) atoms. The molecule has 0 aromatic rings. The van der Waals surface area contributed by atoms with Crippen molar-refractivity contribution in [1.29, 1.82) is 0 Å². The van der Waals surface area contributed by atoms with E-state index in [-0.39, 0.29) is 0 Å². The van der Waals surface area contributed by atoms with E-state index in [1.54, 1.807) is 0 Å². The van der Waals surface area contributed by atoms with Crippen molar-refractivity contribution in [3.63, 3.8) is 0 Å².